The molecule has 8 heteroatoms. The van der Waals surface area contributed by atoms with Gasteiger partial charge in [0, 0.05) is 25.2 Å². The molecule has 1 heterocycles. The average Bonchev–Trinajstić information content (AvgIpc) is 2.61. The third-order valence-electron chi connectivity index (χ3n) is 4.31. The Morgan fingerprint density at radius 1 is 1.23 bits per heavy atom. The Kier molecular flexibility index (Phi) is 6.63. The number of aryl methyl sites for hydroxylation is 1. The van der Waals surface area contributed by atoms with E-state index in [1.165, 1.54) is 16.4 Å². The Morgan fingerprint density at radius 2 is 1.96 bits per heavy atom. The molecule has 3 rings (SSSR count). The molecule has 1 unspecified atom stereocenters. The number of nitrogens with zero attached hydrogens (tertiary/aromatic N) is 1. The average molecular weight is 401 g/mol. The van der Waals surface area contributed by atoms with Crippen molar-refractivity contribution in [1.82, 2.24) is 9.62 Å². The van der Waals surface area contributed by atoms with Gasteiger partial charge in [-0.2, -0.15) is 4.31 Å². The largest absolute Gasteiger partial charge is 0.496 e. The van der Waals surface area contributed by atoms with Crippen LogP contribution in [0.15, 0.2) is 47.4 Å². The van der Waals surface area contributed by atoms with E-state index < -0.39 is 21.9 Å². The van der Waals surface area contributed by atoms with E-state index in [-0.39, 0.29) is 17.3 Å². The number of piperazine rings is 1. The number of sulfonamides is 1. The highest BCUT2D eigenvalue weighted by atomic mass is 35.5. The first kappa shape index (κ1) is 20.6. The van der Waals surface area contributed by atoms with Crippen molar-refractivity contribution in [3.05, 3.63) is 59.4 Å². The standard InChI is InChI=1S/C18H21FN2O3S.ClH/c1-13-9-14(19)11-15(10-13)25(22,23)21-8-7-20-12-17(21)16-5-3-4-6-18(16)24-2;/h3-6,9-11,17,20H,7-8,12H2,1-2H3;1H. The summed E-state index contributed by atoms with van der Waals surface area (Å²) in [5.74, 6) is 0.0781. The highest BCUT2D eigenvalue weighted by molar-refractivity contribution is 7.89. The van der Waals surface area contributed by atoms with E-state index >= 15 is 0 Å². The van der Waals surface area contributed by atoms with E-state index in [2.05, 4.69) is 5.32 Å². The van der Waals surface area contributed by atoms with Gasteiger partial charge in [0.05, 0.1) is 18.0 Å². The molecule has 1 atom stereocenters. The number of halogens is 2. The maximum absolute atomic E-state index is 13.7. The zero-order valence-electron chi connectivity index (χ0n) is 14.6. The van der Waals surface area contributed by atoms with Gasteiger partial charge in [0.25, 0.3) is 0 Å². The number of methoxy groups -OCH3 is 1. The normalized spacial score (nSPS) is 18.2. The van der Waals surface area contributed by atoms with Gasteiger partial charge in [-0.1, -0.05) is 18.2 Å². The zero-order valence-corrected chi connectivity index (χ0v) is 16.2. The third-order valence-corrected chi connectivity index (χ3v) is 6.20. The summed E-state index contributed by atoms with van der Waals surface area (Å²) in [5, 5.41) is 3.23. The highest BCUT2D eigenvalue weighted by Crippen LogP contribution is 2.34. The maximum Gasteiger partial charge on any atom is 0.243 e. The van der Waals surface area contributed by atoms with Crippen molar-refractivity contribution < 1.29 is 17.5 Å². The molecule has 142 valence electrons. The van der Waals surface area contributed by atoms with Crippen molar-refractivity contribution in [3.63, 3.8) is 0 Å². The molecule has 1 aliphatic rings. The van der Waals surface area contributed by atoms with E-state index in [0.29, 0.717) is 30.9 Å². The predicted molar refractivity (Wildman–Crippen MR) is 101 cm³/mol. The first-order valence-electron chi connectivity index (χ1n) is 8.06. The van der Waals surface area contributed by atoms with E-state index in [4.69, 9.17) is 4.74 Å². The van der Waals surface area contributed by atoms with Gasteiger partial charge < -0.3 is 10.1 Å². The van der Waals surface area contributed by atoms with Gasteiger partial charge >= 0.3 is 0 Å². The van der Waals surface area contributed by atoms with Crippen molar-refractivity contribution >= 4 is 22.4 Å². The summed E-state index contributed by atoms with van der Waals surface area (Å²) in [7, 11) is -2.27. The minimum Gasteiger partial charge on any atom is -0.496 e. The number of benzene rings is 2. The van der Waals surface area contributed by atoms with Crippen LogP contribution in [0.1, 0.15) is 17.2 Å². The Hall–Kier alpha value is -1.67. The second kappa shape index (κ2) is 8.35. The van der Waals surface area contributed by atoms with Crippen LogP contribution in [0.25, 0.3) is 0 Å². The molecule has 0 spiro atoms. The van der Waals surface area contributed by atoms with Crippen LogP contribution in [0.4, 0.5) is 4.39 Å². The minimum absolute atomic E-state index is 0. The summed E-state index contributed by atoms with van der Waals surface area (Å²) in [6.45, 7) is 2.99. The monoisotopic (exact) mass is 400 g/mol. The molecule has 2 aromatic rings. The second-order valence-corrected chi connectivity index (χ2v) is 7.93. The van der Waals surface area contributed by atoms with Crippen LogP contribution >= 0.6 is 12.4 Å². The summed E-state index contributed by atoms with van der Waals surface area (Å²) < 4.78 is 46.9. The number of nitrogens with one attached hydrogen (secondary N) is 1. The molecule has 26 heavy (non-hydrogen) atoms. The Bertz CT molecular complexity index is 856. The van der Waals surface area contributed by atoms with Crippen LogP contribution < -0.4 is 10.1 Å². The molecule has 5 nitrogen and oxygen atoms in total. The van der Waals surface area contributed by atoms with Crippen LogP contribution in [-0.4, -0.2) is 39.5 Å². The summed E-state index contributed by atoms with van der Waals surface area (Å²) in [6.07, 6.45) is 0. The van der Waals surface area contributed by atoms with Crippen LogP contribution in [-0.2, 0) is 10.0 Å². The Labute approximate surface area is 159 Å². The van der Waals surface area contributed by atoms with E-state index in [1.807, 2.05) is 18.2 Å². The van der Waals surface area contributed by atoms with Crippen LogP contribution in [0, 0.1) is 12.7 Å². The molecule has 0 saturated carbocycles. The number of hydrogen-bond donors (Lipinski definition) is 1. The fraction of sp³-hybridized carbons (Fsp3) is 0.333. The van der Waals surface area contributed by atoms with Gasteiger partial charge in [0.2, 0.25) is 10.0 Å². The highest BCUT2D eigenvalue weighted by Gasteiger charge is 2.36. The van der Waals surface area contributed by atoms with Crippen molar-refractivity contribution in [2.75, 3.05) is 26.7 Å². The van der Waals surface area contributed by atoms with Crippen LogP contribution in [0.3, 0.4) is 0 Å². The first-order chi connectivity index (χ1) is 11.9. The van der Waals surface area contributed by atoms with Crippen molar-refractivity contribution in [1.29, 1.82) is 0 Å². The Balaban J connectivity index is 0.00000243. The lowest BCUT2D eigenvalue weighted by Crippen LogP contribution is -2.48. The molecule has 1 fully saturated rings. The molecule has 1 N–H and O–H groups in total. The number of ether oxygens (including phenoxy) is 1. The fourth-order valence-corrected chi connectivity index (χ4v) is 4.89. The van der Waals surface area contributed by atoms with Crippen LogP contribution in [0.2, 0.25) is 0 Å². The fourth-order valence-electron chi connectivity index (χ4n) is 3.17. The van der Waals surface area contributed by atoms with Gasteiger partial charge in [0.1, 0.15) is 11.6 Å². The van der Waals surface area contributed by atoms with Gasteiger partial charge in [0.15, 0.2) is 0 Å². The Morgan fingerprint density at radius 3 is 2.65 bits per heavy atom. The number of hydrogen-bond acceptors (Lipinski definition) is 4. The lowest BCUT2D eigenvalue weighted by atomic mass is 10.0. The molecular weight excluding hydrogens is 379 g/mol. The van der Waals surface area contributed by atoms with Crippen molar-refractivity contribution in [3.8, 4) is 5.75 Å². The van der Waals surface area contributed by atoms with E-state index in [0.717, 1.165) is 11.6 Å². The smallest absolute Gasteiger partial charge is 0.243 e. The molecule has 0 bridgehead atoms. The lowest BCUT2D eigenvalue weighted by Gasteiger charge is -2.36. The summed E-state index contributed by atoms with van der Waals surface area (Å²) >= 11 is 0. The number of rotatable bonds is 4. The predicted octanol–water partition coefficient (Wildman–Crippen LogP) is 2.90. The van der Waals surface area contributed by atoms with Gasteiger partial charge in [-0.05, 0) is 36.8 Å². The summed E-state index contributed by atoms with van der Waals surface area (Å²) in [6, 6.07) is 10.8. The molecule has 0 amide bonds. The lowest BCUT2D eigenvalue weighted by molar-refractivity contribution is 0.264. The molecule has 0 radical (unpaired) electrons. The molecule has 0 aliphatic carbocycles. The van der Waals surface area contributed by atoms with Crippen molar-refractivity contribution in [2.24, 2.45) is 0 Å². The summed E-state index contributed by atoms with van der Waals surface area (Å²) in [4.78, 5) is -0.0215. The van der Waals surface area contributed by atoms with Gasteiger partial charge in [-0.25, -0.2) is 12.8 Å². The topological polar surface area (TPSA) is 58.6 Å². The third kappa shape index (κ3) is 4.01. The molecule has 1 aliphatic heterocycles. The maximum atomic E-state index is 13.7. The van der Waals surface area contributed by atoms with Crippen molar-refractivity contribution in [2.45, 2.75) is 17.9 Å². The first-order valence-corrected chi connectivity index (χ1v) is 9.50. The SMILES string of the molecule is COc1ccccc1C1CNCCN1S(=O)(=O)c1cc(C)cc(F)c1.Cl. The second-order valence-electron chi connectivity index (χ2n) is 6.04. The molecule has 0 aromatic heterocycles. The quantitative estimate of drug-likeness (QED) is 0.857. The van der Waals surface area contributed by atoms with Gasteiger partial charge in [-0.3, -0.25) is 0 Å². The van der Waals surface area contributed by atoms with E-state index in [9.17, 15) is 12.8 Å². The molecular formula is C18H22ClFN2O3S. The molecule has 2 aromatic carbocycles. The van der Waals surface area contributed by atoms with Gasteiger partial charge in [-0.15, -0.1) is 12.4 Å². The van der Waals surface area contributed by atoms with E-state index in [1.54, 1.807) is 20.1 Å². The molecule has 1 saturated heterocycles. The minimum atomic E-state index is -3.83. The zero-order chi connectivity index (χ0) is 18.0. The van der Waals surface area contributed by atoms with Crippen LogP contribution in [0.5, 0.6) is 5.75 Å². The summed E-state index contributed by atoms with van der Waals surface area (Å²) in [5.41, 5.74) is 1.36. The number of para-hydroxylation sites is 1.